The third kappa shape index (κ3) is 5.86. The van der Waals surface area contributed by atoms with Crippen molar-refractivity contribution in [2.45, 2.75) is 25.5 Å². The summed E-state index contributed by atoms with van der Waals surface area (Å²) in [6.45, 7) is 6.55. The first-order chi connectivity index (χ1) is 15.2. The minimum absolute atomic E-state index is 0.181. The van der Waals surface area contributed by atoms with Gasteiger partial charge in [-0.05, 0) is 24.8 Å². The summed E-state index contributed by atoms with van der Waals surface area (Å²) < 4.78 is 12.4. The second-order valence-corrected chi connectivity index (χ2v) is 7.73. The van der Waals surface area contributed by atoms with Crippen LogP contribution >= 0.6 is 11.8 Å². The highest BCUT2D eigenvalue weighted by atomic mass is 32.2. The highest BCUT2D eigenvalue weighted by Crippen LogP contribution is 2.24. The minimum atomic E-state index is -0.181. The molecule has 0 saturated carbocycles. The molecule has 0 fully saturated rings. The molecule has 3 rings (SSSR count). The number of amides is 1. The highest BCUT2D eigenvalue weighted by molar-refractivity contribution is 7.99. The molecule has 31 heavy (non-hydrogen) atoms. The van der Waals surface area contributed by atoms with Gasteiger partial charge in [-0.2, -0.15) is 5.10 Å². The van der Waals surface area contributed by atoms with Crippen molar-refractivity contribution in [2.24, 2.45) is 0 Å². The summed E-state index contributed by atoms with van der Waals surface area (Å²) >= 11 is 1.57. The Morgan fingerprint density at radius 3 is 2.81 bits per heavy atom. The number of fused-ring (bicyclic) bond motifs is 1. The van der Waals surface area contributed by atoms with Crippen molar-refractivity contribution in [1.29, 1.82) is 0 Å². The van der Waals surface area contributed by atoms with E-state index in [0.29, 0.717) is 49.3 Å². The molecule has 166 valence electrons. The summed E-state index contributed by atoms with van der Waals surface area (Å²) in [4.78, 5) is 21.9. The van der Waals surface area contributed by atoms with Gasteiger partial charge in [-0.3, -0.25) is 4.79 Å². The largest absolute Gasteiger partial charge is 0.493 e. The third-order valence-electron chi connectivity index (χ3n) is 4.39. The Bertz CT molecular complexity index is 1010. The zero-order valence-electron chi connectivity index (χ0n) is 18.1. The van der Waals surface area contributed by atoms with Crippen molar-refractivity contribution < 1.29 is 14.3 Å². The minimum Gasteiger partial charge on any atom is -0.493 e. The van der Waals surface area contributed by atoms with E-state index in [4.69, 9.17) is 9.47 Å². The smallest absolute Gasteiger partial charge is 0.255 e. The molecule has 0 atom stereocenters. The fraction of sp³-hybridized carbons (Fsp3) is 0.429. The Hall–Kier alpha value is -2.85. The van der Waals surface area contributed by atoms with Gasteiger partial charge in [0.15, 0.2) is 10.8 Å². The van der Waals surface area contributed by atoms with Gasteiger partial charge in [0, 0.05) is 20.2 Å². The lowest BCUT2D eigenvalue weighted by Crippen LogP contribution is -2.28. The van der Waals surface area contributed by atoms with Crippen LogP contribution in [-0.2, 0) is 11.3 Å². The number of thioether (sulfide) groups is 1. The van der Waals surface area contributed by atoms with Crippen LogP contribution in [0.15, 0.2) is 35.6 Å². The topological polar surface area (TPSA) is 103 Å². The molecule has 1 aromatic carbocycles. The molecule has 0 unspecified atom stereocenters. The number of aromatic nitrogens is 4. The summed E-state index contributed by atoms with van der Waals surface area (Å²) in [7, 11) is 1.66. The molecular formula is C21H28N6O3S. The molecule has 1 amide bonds. The van der Waals surface area contributed by atoms with Crippen LogP contribution in [0.25, 0.3) is 11.0 Å². The van der Waals surface area contributed by atoms with Gasteiger partial charge in [-0.25, -0.2) is 14.6 Å². The van der Waals surface area contributed by atoms with Crippen molar-refractivity contribution in [3.63, 3.8) is 0 Å². The number of rotatable bonds is 12. The molecular weight excluding hydrogens is 416 g/mol. The monoisotopic (exact) mass is 444 g/mol. The molecule has 2 aromatic heterocycles. The molecule has 0 bridgehead atoms. The first kappa shape index (κ1) is 22.8. The molecule has 2 N–H and O–H groups in total. The zero-order chi connectivity index (χ0) is 22.1. The second-order valence-electron chi connectivity index (χ2n) is 6.50. The molecule has 0 radical (unpaired) electrons. The van der Waals surface area contributed by atoms with Gasteiger partial charge < -0.3 is 20.1 Å². The number of ether oxygens (including phenoxy) is 2. The Balaban J connectivity index is 1.72. The Labute approximate surface area is 185 Å². The van der Waals surface area contributed by atoms with E-state index in [0.717, 1.165) is 22.6 Å². The number of benzene rings is 1. The number of hydrogen-bond donors (Lipinski definition) is 2. The number of nitrogens with zero attached hydrogens (tertiary/aromatic N) is 4. The fourth-order valence-electron chi connectivity index (χ4n) is 3.01. The standard InChI is InChI=1S/C21H28N6O3S/c1-4-30-17-9-7-6-8-15(17)20(28)23-10-12-27-19-16(14-24-27)18(22-11-13-29-3)25-21(26-19)31-5-2/h6-9,14H,4-5,10-13H2,1-3H3,(H,23,28)(H,22,25,26). The lowest BCUT2D eigenvalue weighted by Gasteiger charge is -2.11. The number of methoxy groups -OCH3 is 1. The number of hydrogen-bond acceptors (Lipinski definition) is 8. The normalized spacial score (nSPS) is 10.9. The summed E-state index contributed by atoms with van der Waals surface area (Å²) in [5, 5.41) is 12.2. The van der Waals surface area contributed by atoms with Crippen LogP contribution in [0, 0.1) is 0 Å². The van der Waals surface area contributed by atoms with Gasteiger partial charge in [0.2, 0.25) is 0 Å². The predicted octanol–water partition coefficient (Wildman–Crippen LogP) is 2.83. The van der Waals surface area contributed by atoms with Crippen molar-refractivity contribution >= 4 is 34.5 Å². The van der Waals surface area contributed by atoms with Crippen LogP contribution in [0.3, 0.4) is 0 Å². The van der Waals surface area contributed by atoms with Crippen LogP contribution in [0.5, 0.6) is 5.75 Å². The average Bonchev–Trinajstić information content (AvgIpc) is 3.18. The number of para-hydroxylation sites is 1. The first-order valence-electron chi connectivity index (χ1n) is 10.3. The van der Waals surface area contributed by atoms with E-state index < -0.39 is 0 Å². The molecule has 0 aliphatic rings. The van der Waals surface area contributed by atoms with E-state index in [1.165, 1.54) is 0 Å². The Kier molecular flexibility index (Phi) is 8.48. The van der Waals surface area contributed by atoms with Gasteiger partial charge in [0.25, 0.3) is 5.91 Å². The van der Waals surface area contributed by atoms with Gasteiger partial charge >= 0.3 is 0 Å². The van der Waals surface area contributed by atoms with Gasteiger partial charge in [-0.15, -0.1) is 0 Å². The molecule has 0 aliphatic heterocycles. The van der Waals surface area contributed by atoms with E-state index in [1.807, 2.05) is 19.1 Å². The van der Waals surface area contributed by atoms with Crippen LogP contribution in [0.2, 0.25) is 0 Å². The molecule has 0 saturated heterocycles. The maximum absolute atomic E-state index is 12.6. The summed E-state index contributed by atoms with van der Waals surface area (Å²) in [5.41, 5.74) is 1.25. The first-order valence-corrected chi connectivity index (χ1v) is 11.3. The lowest BCUT2D eigenvalue weighted by molar-refractivity contribution is 0.0948. The molecule has 0 aliphatic carbocycles. The van der Waals surface area contributed by atoms with Crippen molar-refractivity contribution in [2.75, 3.05) is 44.5 Å². The molecule has 0 spiro atoms. The van der Waals surface area contributed by atoms with Gasteiger partial charge in [-0.1, -0.05) is 30.8 Å². The average molecular weight is 445 g/mol. The molecule has 9 nitrogen and oxygen atoms in total. The van der Waals surface area contributed by atoms with Crippen LogP contribution in [0.4, 0.5) is 5.82 Å². The number of carbonyl (C=O) groups excluding carboxylic acids is 1. The lowest BCUT2D eigenvalue weighted by atomic mass is 10.2. The summed E-state index contributed by atoms with van der Waals surface area (Å²) in [6.07, 6.45) is 1.75. The maximum Gasteiger partial charge on any atom is 0.255 e. The predicted molar refractivity (Wildman–Crippen MR) is 122 cm³/mol. The van der Waals surface area contributed by atoms with Gasteiger partial charge in [0.05, 0.1) is 36.9 Å². The third-order valence-corrected chi connectivity index (χ3v) is 5.12. The Morgan fingerprint density at radius 2 is 2.03 bits per heavy atom. The van der Waals surface area contributed by atoms with Crippen LogP contribution in [0.1, 0.15) is 24.2 Å². The van der Waals surface area contributed by atoms with Gasteiger partial charge in [0.1, 0.15) is 11.6 Å². The SMILES string of the molecule is CCOc1ccccc1C(=O)NCCn1ncc2c(NCCOC)nc(SCC)nc21. The van der Waals surface area contributed by atoms with E-state index in [-0.39, 0.29) is 5.91 Å². The van der Waals surface area contributed by atoms with E-state index in [9.17, 15) is 4.79 Å². The summed E-state index contributed by atoms with van der Waals surface area (Å²) in [6, 6.07) is 7.21. The molecule has 3 aromatic rings. The van der Waals surface area contributed by atoms with E-state index in [2.05, 4.69) is 32.6 Å². The van der Waals surface area contributed by atoms with Crippen LogP contribution in [-0.4, -0.2) is 64.8 Å². The van der Waals surface area contributed by atoms with E-state index in [1.54, 1.807) is 41.9 Å². The molecule has 2 heterocycles. The van der Waals surface area contributed by atoms with Crippen molar-refractivity contribution in [1.82, 2.24) is 25.1 Å². The van der Waals surface area contributed by atoms with Crippen LogP contribution < -0.4 is 15.4 Å². The fourth-order valence-corrected chi connectivity index (χ4v) is 3.57. The quantitative estimate of drug-likeness (QED) is 0.250. The summed E-state index contributed by atoms with van der Waals surface area (Å²) in [5.74, 6) is 2.00. The van der Waals surface area contributed by atoms with E-state index >= 15 is 0 Å². The Morgan fingerprint density at radius 1 is 1.19 bits per heavy atom. The van der Waals surface area contributed by atoms with Crippen molar-refractivity contribution in [3.05, 3.63) is 36.0 Å². The second kappa shape index (κ2) is 11.5. The maximum atomic E-state index is 12.6. The number of carbonyl (C=O) groups is 1. The number of nitrogens with one attached hydrogen (secondary N) is 2. The molecule has 10 heteroatoms. The zero-order valence-corrected chi connectivity index (χ0v) is 18.9. The highest BCUT2D eigenvalue weighted by Gasteiger charge is 2.15. The van der Waals surface area contributed by atoms with Crippen molar-refractivity contribution in [3.8, 4) is 5.75 Å². The number of anilines is 1.